The van der Waals surface area contributed by atoms with E-state index in [4.69, 9.17) is 5.11 Å². The molecule has 1 aromatic rings. The predicted molar refractivity (Wildman–Crippen MR) is 66.5 cm³/mol. The highest BCUT2D eigenvalue weighted by molar-refractivity contribution is 9.10. The van der Waals surface area contributed by atoms with Gasteiger partial charge in [-0.05, 0) is 40.9 Å². The normalized spacial score (nSPS) is 21.1. The Morgan fingerprint density at radius 2 is 2.22 bits per heavy atom. The average molecular weight is 335 g/mol. The van der Waals surface area contributed by atoms with Gasteiger partial charge in [0.1, 0.15) is 6.04 Å². The zero-order valence-corrected chi connectivity index (χ0v) is 11.7. The van der Waals surface area contributed by atoms with Gasteiger partial charge >= 0.3 is 5.97 Å². The zero-order valence-electron chi connectivity index (χ0n) is 9.28. The Bertz CT molecular complexity index is 558. The van der Waals surface area contributed by atoms with Gasteiger partial charge in [-0.3, -0.25) is 4.79 Å². The van der Waals surface area contributed by atoms with Crippen molar-refractivity contribution < 1.29 is 18.3 Å². The number of hydrogen-bond acceptors (Lipinski definition) is 4. The number of rotatable bonds is 3. The van der Waals surface area contributed by atoms with Crippen molar-refractivity contribution in [2.45, 2.75) is 23.9 Å². The Hall–Kier alpha value is -0.990. The Morgan fingerprint density at radius 3 is 2.78 bits per heavy atom. The van der Waals surface area contributed by atoms with Crippen molar-refractivity contribution in [1.29, 1.82) is 0 Å². The molecular weight excluding hydrogens is 324 g/mol. The lowest BCUT2D eigenvalue weighted by molar-refractivity contribution is -0.140. The highest BCUT2D eigenvalue weighted by atomic mass is 79.9. The fourth-order valence-electron chi connectivity index (χ4n) is 1.91. The molecule has 0 amide bonds. The lowest BCUT2D eigenvalue weighted by Gasteiger charge is -2.20. The molecule has 0 spiro atoms. The summed E-state index contributed by atoms with van der Waals surface area (Å²) in [4.78, 5) is 14.8. The second kappa shape index (κ2) is 4.94. The first-order chi connectivity index (χ1) is 8.43. The van der Waals surface area contributed by atoms with Crippen LogP contribution >= 0.6 is 15.9 Å². The molecule has 98 valence electrons. The molecule has 0 aliphatic carbocycles. The van der Waals surface area contributed by atoms with E-state index in [0.29, 0.717) is 17.3 Å². The maximum Gasteiger partial charge on any atom is 0.322 e. The highest BCUT2D eigenvalue weighted by Crippen LogP contribution is 2.25. The summed E-state index contributed by atoms with van der Waals surface area (Å²) in [5, 5.41) is 8.88. The Morgan fingerprint density at radius 1 is 1.50 bits per heavy atom. The van der Waals surface area contributed by atoms with Crippen molar-refractivity contribution in [3.63, 3.8) is 0 Å². The molecule has 2 rings (SSSR count). The summed E-state index contributed by atoms with van der Waals surface area (Å²) in [6, 6.07) is 1.93. The van der Waals surface area contributed by atoms with Gasteiger partial charge in [0.05, 0.1) is 0 Å². The Labute approximate surface area is 113 Å². The van der Waals surface area contributed by atoms with Crippen LogP contribution in [0.2, 0.25) is 0 Å². The van der Waals surface area contributed by atoms with Gasteiger partial charge < -0.3 is 5.11 Å². The molecule has 18 heavy (non-hydrogen) atoms. The van der Waals surface area contributed by atoms with Crippen LogP contribution in [0.5, 0.6) is 0 Å². The summed E-state index contributed by atoms with van der Waals surface area (Å²) in [5.74, 6) is -1.12. The minimum atomic E-state index is -3.83. The van der Waals surface area contributed by atoms with E-state index in [1.807, 2.05) is 0 Å². The monoisotopic (exact) mass is 334 g/mol. The van der Waals surface area contributed by atoms with Crippen LogP contribution in [0.25, 0.3) is 0 Å². The van der Waals surface area contributed by atoms with Gasteiger partial charge in [-0.1, -0.05) is 0 Å². The topological polar surface area (TPSA) is 87.6 Å². The number of carboxylic acids is 1. The van der Waals surface area contributed by atoms with E-state index >= 15 is 0 Å². The van der Waals surface area contributed by atoms with Gasteiger partial charge in [0.2, 0.25) is 0 Å². The highest BCUT2D eigenvalue weighted by Gasteiger charge is 2.39. The van der Waals surface area contributed by atoms with Crippen molar-refractivity contribution >= 4 is 31.9 Å². The third-order valence-corrected chi connectivity index (χ3v) is 5.06. The van der Waals surface area contributed by atoms with Crippen molar-refractivity contribution in [2.75, 3.05) is 6.54 Å². The standard InChI is InChI=1S/C10H11BrN2O4S/c11-7-3-4-9(12-6-7)18(16,17)13-5-1-2-8(13)10(14)15/h3-4,6,8H,1-2,5H2,(H,14,15)/t8-/m1/s1. The van der Waals surface area contributed by atoms with Crippen molar-refractivity contribution in [2.24, 2.45) is 0 Å². The van der Waals surface area contributed by atoms with Crippen LogP contribution in [0, 0.1) is 0 Å². The van der Waals surface area contributed by atoms with E-state index in [1.165, 1.54) is 12.3 Å². The van der Waals surface area contributed by atoms with Gasteiger partial charge in [-0.15, -0.1) is 0 Å². The maximum atomic E-state index is 12.2. The van der Waals surface area contributed by atoms with E-state index in [-0.39, 0.29) is 11.6 Å². The van der Waals surface area contributed by atoms with E-state index in [0.717, 1.165) is 4.31 Å². The number of carbonyl (C=O) groups is 1. The molecule has 0 radical (unpaired) electrons. The third-order valence-electron chi connectivity index (χ3n) is 2.76. The summed E-state index contributed by atoms with van der Waals surface area (Å²) in [6.45, 7) is 0.219. The SMILES string of the molecule is O=C(O)[C@H]1CCCN1S(=O)(=O)c1ccc(Br)cn1. The number of hydrogen-bond donors (Lipinski definition) is 1. The molecule has 1 fully saturated rings. The van der Waals surface area contributed by atoms with Crippen molar-refractivity contribution in [3.8, 4) is 0 Å². The van der Waals surface area contributed by atoms with Crippen LogP contribution in [-0.4, -0.2) is 41.4 Å². The molecule has 0 bridgehead atoms. The summed E-state index contributed by atoms with van der Waals surface area (Å²) in [5.41, 5.74) is 0. The van der Waals surface area contributed by atoms with Crippen LogP contribution in [0.3, 0.4) is 0 Å². The molecule has 1 aliphatic rings. The molecule has 0 unspecified atom stereocenters. The first kappa shape index (κ1) is 13.4. The second-order valence-electron chi connectivity index (χ2n) is 3.93. The molecule has 0 saturated carbocycles. The van der Waals surface area contributed by atoms with Gasteiger partial charge in [0.15, 0.2) is 5.03 Å². The average Bonchev–Trinajstić information content (AvgIpc) is 2.79. The molecule has 1 aliphatic heterocycles. The van der Waals surface area contributed by atoms with Crippen LogP contribution < -0.4 is 0 Å². The molecule has 1 aromatic heterocycles. The van der Waals surface area contributed by atoms with Crippen molar-refractivity contribution in [3.05, 3.63) is 22.8 Å². The largest absolute Gasteiger partial charge is 0.480 e. The van der Waals surface area contributed by atoms with Crippen LogP contribution in [0.15, 0.2) is 27.8 Å². The first-order valence-corrected chi connectivity index (χ1v) is 7.52. The first-order valence-electron chi connectivity index (χ1n) is 5.29. The molecule has 2 heterocycles. The van der Waals surface area contributed by atoms with Crippen LogP contribution in [0.4, 0.5) is 0 Å². The van der Waals surface area contributed by atoms with Gasteiger partial charge in [0, 0.05) is 17.2 Å². The fraction of sp³-hybridized carbons (Fsp3) is 0.400. The van der Waals surface area contributed by atoms with Gasteiger partial charge in [0.25, 0.3) is 10.0 Å². The predicted octanol–water partition coefficient (Wildman–Crippen LogP) is 1.08. The van der Waals surface area contributed by atoms with Gasteiger partial charge in [-0.25, -0.2) is 13.4 Å². The minimum absolute atomic E-state index is 0.126. The van der Waals surface area contributed by atoms with E-state index in [9.17, 15) is 13.2 Å². The number of pyridine rings is 1. The van der Waals surface area contributed by atoms with Gasteiger partial charge in [-0.2, -0.15) is 4.31 Å². The Kier molecular flexibility index (Phi) is 3.69. The molecule has 1 N–H and O–H groups in total. The lowest BCUT2D eigenvalue weighted by Crippen LogP contribution is -2.40. The molecule has 6 nitrogen and oxygen atoms in total. The minimum Gasteiger partial charge on any atom is -0.480 e. The smallest absolute Gasteiger partial charge is 0.322 e. The number of nitrogens with zero attached hydrogens (tertiary/aromatic N) is 2. The number of sulfonamides is 1. The molecule has 1 atom stereocenters. The Balaban J connectivity index is 2.36. The number of aromatic nitrogens is 1. The second-order valence-corrected chi connectivity index (χ2v) is 6.68. The van der Waals surface area contributed by atoms with Crippen LogP contribution in [0.1, 0.15) is 12.8 Å². The number of aliphatic carboxylic acids is 1. The summed E-state index contributed by atoms with van der Waals surface area (Å²) >= 11 is 3.17. The van der Waals surface area contributed by atoms with E-state index < -0.39 is 22.0 Å². The van der Waals surface area contributed by atoms with E-state index in [1.54, 1.807) is 6.07 Å². The quantitative estimate of drug-likeness (QED) is 0.893. The number of carboxylic acid groups (broad SMARTS) is 1. The third kappa shape index (κ3) is 2.40. The lowest BCUT2D eigenvalue weighted by atomic mass is 10.2. The summed E-state index contributed by atoms with van der Waals surface area (Å²) in [6.07, 6.45) is 2.26. The zero-order chi connectivity index (χ0) is 13.3. The maximum absolute atomic E-state index is 12.2. The van der Waals surface area contributed by atoms with Crippen LogP contribution in [-0.2, 0) is 14.8 Å². The summed E-state index contributed by atoms with van der Waals surface area (Å²) in [7, 11) is -3.83. The molecular formula is C10H11BrN2O4S. The summed E-state index contributed by atoms with van der Waals surface area (Å²) < 4.78 is 26.2. The molecule has 0 aromatic carbocycles. The fourth-order valence-corrected chi connectivity index (χ4v) is 3.71. The van der Waals surface area contributed by atoms with Crippen molar-refractivity contribution in [1.82, 2.24) is 9.29 Å². The molecule has 8 heteroatoms. The molecule has 1 saturated heterocycles. The van der Waals surface area contributed by atoms with E-state index in [2.05, 4.69) is 20.9 Å². The number of halogens is 1.